The molecular formula is C20H25ClN2O6S. The highest BCUT2D eigenvalue weighted by Gasteiger charge is 2.19. The number of methoxy groups -OCH3 is 1. The van der Waals surface area contributed by atoms with E-state index in [-0.39, 0.29) is 5.91 Å². The standard InChI is InChI=1S/C18H23ClN2O2S.C2H2O4/c1-23-16-14-8-7-12(19)11-15(14)24-17(16)18(22)21-10-9-20-13-5-3-2-4-6-13;3-1(4)2(5)6/h7-8,11,13,20H,2-6,9-10H2,1H3,(H,21,22);(H,3,4)(H,5,6). The molecule has 0 aliphatic heterocycles. The maximum atomic E-state index is 12.5. The monoisotopic (exact) mass is 456 g/mol. The summed E-state index contributed by atoms with van der Waals surface area (Å²) in [6.07, 6.45) is 6.47. The molecule has 3 rings (SSSR count). The molecule has 0 saturated heterocycles. The summed E-state index contributed by atoms with van der Waals surface area (Å²) in [7, 11) is 1.59. The smallest absolute Gasteiger partial charge is 0.414 e. The Balaban J connectivity index is 0.000000469. The van der Waals surface area contributed by atoms with Crippen molar-refractivity contribution in [2.24, 2.45) is 0 Å². The highest BCUT2D eigenvalue weighted by Crippen LogP contribution is 2.38. The minimum Gasteiger partial charge on any atom is -0.494 e. The number of benzene rings is 1. The van der Waals surface area contributed by atoms with Crippen molar-refractivity contribution in [2.45, 2.75) is 38.1 Å². The number of hydrogen-bond acceptors (Lipinski definition) is 6. The number of carboxylic acid groups (broad SMARTS) is 2. The number of ether oxygens (including phenoxy) is 1. The van der Waals surface area contributed by atoms with Crippen LogP contribution in [0, 0.1) is 0 Å². The van der Waals surface area contributed by atoms with Crippen LogP contribution in [0.3, 0.4) is 0 Å². The van der Waals surface area contributed by atoms with E-state index in [0.717, 1.165) is 16.6 Å². The Kier molecular flexibility index (Phi) is 9.35. The van der Waals surface area contributed by atoms with Gasteiger partial charge in [0.1, 0.15) is 10.6 Å². The molecule has 1 amide bonds. The van der Waals surface area contributed by atoms with Gasteiger partial charge < -0.3 is 25.6 Å². The van der Waals surface area contributed by atoms with Crippen LogP contribution in [0.4, 0.5) is 0 Å². The Morgan fingerprint density at radius 3 is 2.40 bits per heavy atom. The second-order valence-electron chi connectivity index (χ2n) is 6.76. The zero-order valence-electron chi connectivity index (χ0n) is 16.6. The van der Waals surface area contributed by atoms with Gasteiger partial charge in [0.2, 0.25) is 0 Å². The second-order valence-corrected chi connectivity index (χ2v) is 8.25. The number of rotatable bonds is 6. The summed E-state index contributed by atoms with van der Waals surface area (Å²) in [5.74, 6) is -3.11. The summed E-state index contributed by atoms with van der Waals surface area (Å²) in [4.78, 5) is 31.3. The minimum absolute atomic E-state index is 0.0883. The summed E-state index contributed by atoms with van der Waals surface area (Å²) in [5.41, 5.74) is 0. The van der Waals surface area contributed by atoms with E-state index in [0.29, 0.717) is 28.2 Å². The van der Waals surface area contributed by atoms with Gasteiger partial charge in [-0.2, -0.15) is 0 Å². The van der Waals surface area contributed by atoms with Crippen LogP contribution >= 0.6 is 22.9 Å². The second kappa shape index (κ2) is 11.7. The van der Waals surface area contributed by atoms with Crippen LogP contribution in [-0.2, 0) is 9.59 Å². The molecule has 0 radical (unpaired) electrons. The Morgan fingerprint density at radius 1 is 1.13 bits per heavy atom. The lowest BCUT2D eigenvalue weighted by Crippen LogP contribution is -2.37. The number of carboxylic acids is 2. The van der Waals surface area contributed by atoms with E-state index in [1.807, 2.05) is 18.2 Å². The fourth-order valence-electron chi connectivity index (χ4n) is 3.24. The molecule has 0 spiro atoms. The predicted octanol–water partition coefficient (Wildman–Crippen LogP) is 3.37. The molecule has 164 valence electrons. The van der Waals surface area contributed by atoms with Gasteiger partial charge in [0.15, 0.2) is 0 Å². The van der Waals surface area contributed by atoms with E-state index in [2.05, 4.69) is 10.6 Å². The van der Waals surface area contributed by atoms with Crippen LogP contribution in [0.2, 0.25) is 5.02 Å². The van der Waals surface area contributed by atoms with Crippen molar-refractivity contribution >= 4 is 50.9 Å². The Labute approximate surface area is 183 Å². The summed E-state index contributed by atoms with van der Waals surface area (Å²) < 4.78 is 6.41. The molecule has 8 nitrogen and oxygen atoms in total. The molecule has 1 aromatic heterocycles. The topological polar surface area (TPSA) is 125 Å². The van der Waals surface area contributed by atoms with Crippen LogP contribution in [-0.4, -0.2) is 54.3 Å². The van der Waals surface area contributed by atoms with Crippen molar-refractivity contribution in [3.63, 3.8) is 0 Å². The van der Waals surface area contributed by atoms with Gasteiger partial charge in [-0.15, -0.1) is 11.3 Å². The molecule has 30 heavy (non-hydrogen) atoms. The third kappa shape index (κ3) is 6.86. The summed E-state index contributed by atoms with van der Waals surface area (Å²) in [6, 6.07) is 6.19. The molecule has 2 aromatic rings. The molecule has 0 atom stereocenters. The van der Waals surface area contributed by atoms with Gasteiger partial charge in [-0.3, -0.25) is 4.79 Å². The SMILES string of the molecule is COc1c(C(=O)NCCNC2CCCCC2)sc2cc(Cl)ccc12.O=C(O)C(=O)O. The summed E-state index contributed by atoms with van der Waals surface area (Å²) >= 11 is 7.45. The highest BCUT2D eigenvalue weighted by molar-refractivity contribution is 7.21. The molecule has 1 fully saturated rings. The lowest BCUT2D eigenvalue weighted by Gasteiger charge is -2.22. The van der Waals surface area contributed by atoms with Gasteiger partial charge in [0.25, 0.3) is 5.91 Å². The largest absolute Gasteiger partial charge is 0.494 e. The highest BCUT2D eigenvalue weighted by atomic mass is 35.5. The third-order valence-electron chi connectivity index (χ3n) is 4.65. The van der Waals surface area contributed by atoms with Gasteiger partial charge in [-0.1, -0.05) is 30.9 Å². The minimum atomic E-state index is -1.82. The first-order valence-corrected chi connectivity index (χ1v) is 10.8. The van der Waals surface area contributed by atoms with E-state index in [1.54, 1.807) is 7.11 Å². The molecule has 0 unspecified atom stereocenters. The summed E-state index contributed by atoms with van der Waals surface area (Å²) in [5, 5.41) is 22.9. The molecular weight excluding hydrogens is 432 g/mol. The van der Waals surface area contributed by atoms with E-state index in [4.69, 9.17) is 36.1 Å². The van der Waals surface area contributed by atoms with Crippen molar-refractivity contribution in [1.82, 2.24) is 10.6 Å². The quantitative estimate of drug-likeness (QED) is 0.388. The number of aliphatic carboxylic acids is 2. The number of fused-ring (bicyclic) bond motifs is 1. The number of carbonyl (C=O) groups excluding carboxylic acids is 1. The molecule has 1 saturated carbocycles. The molecule has 1 aromatic carbocycles. The normalized spacial score (nSPS) is 13.9. The lowest BCUT2D eigenvalue weighted by molar-refractivity contribution is -0.159. The number of carbonyl (C=O) groups is 3. The molecule has 1 aliphatic carbocycles. The number of nitrogens with one attached hydrogen (secondary N) is 2. The van der Waals surface area contributed by atoms with Crippen LogP contribution in [0.1, 0.15) is 41.8 Å². The summed E-state index contributed by atoms with van der Waals surface area (Å²) in [6.45, 7) is 1.42. The van der Waals surface area contributed by atoms with Gasteiger partial charge >= 0.3 is 11.9 Å². The first-order chi connectivity index (χ1) is 14.3. The number of amides is 1. The van der Waals surface area contributed by atoms with Crippen molar-refractivity contribution < 1.29 is 29.3 Å². The number of hydrogen-bond donors (Lipinski definition) is 4. The number of thiophene rings is 1. The zero-order valence-corrected chi connectivity index (χ0v) is 18.1. The molecule has 1 aliphatic rings. The number of halogens is 1. The van der Waals surface area contributed by atoms with Gasteiger partial charge in [-0.05, 0) is 31.0 Å². The molecule has 10 heteroatoms. The maximum Gasteiger partial charge on any atom is 0.414 e. The molecule has 0 bridgehead atoms. The predicted molar refractivity (Wildman–Crippen MR) is 116 cm³/mol. The third-order valence-corrected chi connectivity index (χ3v) is 6.02. The van der Waals surface area contributed by atoms with Crippen molar-refractivity contribution in [2.75, 3.05) is 20.2 Å². The average Bonchev–Trinajstić information content (AvgIpc) is 3.10. The average molecular weight is 457 g/mol. The van der Waals surface area contributed by atoms with Crippen molar-refractivity contribution in [3.8, 4) is 5.75 Å². The zero-order chi connectivity index (χ0) is 22.1. The maximum absolute atomic E-state index is 12.5. The van der Waals surface area contributed by atoms with Gasteiger partial charge in [0.05, 0.1) is 7.11 Å². The first kappa shape index (κ1) is 23.9. The van der Waals surface area contributed by atoms with Crippen LogP contribution < -0.4 is 15.4 Å². The Bertz CT molecular complexity index is 883. The first-order valence-electron chi connectivity index (χ1n) is 9.57. The fourth-order valence-corrected chi connectivity index (χ4v) is 4.60. The fraction of sp³-hybridized carbons (Fsp3) is 0.450. The van der Waals surface area contributed by atoms with E-state index < -0.39 is 11.9 Å². The molecule has 1 heterocycles. The van der Waals surface area contributed by atoms with Gasteiger partial charge in [0, 0.05) is 34.2 Å². The van der Waals surface area contributed by atoms with Crippen LogP contribution in [0.5, 0.6) is 5.75 Å². The van der Waals surface area contributed by atoms with E-state index >= 15 is 0 Å². The Morgan fingerprint density at radius 2 is 1.80 bits per heavy atom. The van der Waals surface area contributed by atoms with E-state index in [1.165, 1.54) is 43.4 Å². The lowest BCUT2D eigenvalue weighted by atomic mass is 9.95. The van der Waals surface area contributed by atoms with Crippen molar-refractivity contribution in [3.05, 3.63) is 28.1 Å². The van der Waals surface area contributed by atoms with Crippen LogP contribution in [0.25, 0.3) is 10.1 Å². The van der Waals surface area contributed by atoms with Gasteiger partial charge in [-0.25, -0.2) is 9.59 Å². The Hall–Kier alpha value is -2.36. The van der Waals surface area contributed by atoms with Crippen LogP contribution in [0.15, 0.2) is 18.2 Å². The van der Waals surface area contributed by atoms with E-state index in [9.17, 15) is 4.79 Å². The molecule has 4 N–H and O–H groups in total. The van der Waals surface area contributed by atoms with Crippen molar-refractivity contribution in [1.29, 1.82) is 0 Å².